The van der Waals surface area contributed by atoms with Gasteiger partial charge in [-0.3, -0.25) is 4.79 Å². The molecule has 1 aromatic carbocycles. The highest BCUT2D eigenvalue weighted by Gasteiger charge is 2.32. The first-order valence-electron chi connectivity index (χ1n) is 8.66. The fraction of sp³-hybridized carbons (Fsp3) is 0.611. The van der Waals surface area contributed by atoms with E-state index in [2.05, 4.69) is 10.2 Å². The molecule has 2 aliphatic heterocycles. The van der Waals surface area contributed by atoms with Crippen molar-refractivity contribution in [3.8, 4) is 5.75 Å². The number of phenols is 1. The smallest absolute Gasteiger partial charge is 0.254 e. The summed E-state index contributed by atoms with van der Waals surface area (Å²) in [7, 11) is 0. The number of fused-ring (bicyclic) bond motifs is 1. The molecule has 1 amide bonds. The van der Waals surface area contributed by atoms with Crippen molar-refractivity contribution in [2.45, 2.75) is 44.6 Å². The second-order valence-electron chi connectivity index (χ2n) is 6.71. The Labute approximate surface area is 136 Å². The molecule has 23 heavy (non-hydrogen) atoms. The first kappa shape index (κ1) is 16.2. The monoisotopic (exact) mass is 320 g/mol. The van der Waals surface area contributed by atoms with E-state index in [0.717, 1.165) is 12.5 Å². The summed E-state index contributed by atoms with van der Waals surface area (Å²) in [4.78, 5) is 14.7. The number of carbonyl (C=O) groups excluding carboxylic acids is 1. The van der Waals surface area contributed by atoms with Gasteiger partial charge in [-0.05, 0) is 63.2 Å². The van der Waals surface area contributed by atoms with E-state index in [-0.39, 0.29) is 11.3 Å². The lowest BCUT2D eigenvalue weighted by molar-refractivity contribution is 0.0554. The van der Waals surface area contributed by atoms with Gasteiger partial charge in [0.1, 0.15) is 11.6 Å². The molecule has 3 rings (SSSR count). The molecule has 0 aromatic heterocycles. The van der Waals surface area contributed by atoms with Gasteiger partial charge in [-0.1, -0.05) is 6.42 Å². The Hall–Kier alpha value is -1.62. The number of carbonyl (C=O) groups is 1. The molecular weight excluding hydrogens is 295 g/mol. The van der Waals surface area contributed by atoms with Crippen molar-refractivity contribution in [2.24, 2.45) is 5.92 Å². The van der Waals surface area contributed by atoms with Crippen LogP contribution < -0.4 is 5.32 Å². The van der Waals surface area contributed by atoms with Crippen LogP contribution in [0.1, 0.15) is 48.9 Å². The third-order valence-electron chi connectivity index (χ3n) is 5.23. The van der Waals surface area contributed by atoms with Crippen LogP contribution in [-0.2, 0) is 0 Å². The van der Waals surface area contributed by atoms with Crippen molar-refractivity contribution in [2.75, 3.05) is 19.6 Å². The van der Waals surface area contributed by atoms with Crippen molar-refractivity contribution in [3.63, 3.8) is 0 Å². The third-order valence-corrected chi connectivity index (χ3v) is 5.23. The summed E-state index contributed by atoms with van der Waals surface area (Å²) < 4.78 is 13.7. The van der Waals surface area contributed by atoms with Gasteiger partial charge in [0.25, 0.3) is 5.91 Å². The maximum absolute atomic E-state index is 13.7. The van der Waals surface area contributed by atoms with Crippen LogP contribution >= 0.6 is 0 Å². The number of benzene rings is 1. The molecule has 0 aliphatic carbocycles. The minimum Gasteiger partial charge on any atom is -0.508 e. The Morgan fingerprint density at radius 1 is 1.26 bits per heavy atom. The van der Waals surface area contributed by atoms with E-state index in [0.29, 0.717) is 18.5 Å². The van der Waals surface area contributed by atoms with Crippen LogP contribution in [-0.4, -0.2) is 41.6 Å². The Bertz CT molecular complexity index is 562. The molecule has 4 nitrogen and oxygen atoms in total. The van der Waals surface area contributed by atoms with Gasteiger partial charge in [-0.2, -0.15) is 0 Å². The van der Waals surface area contributed by atoms with Crippen molar-refractivity contribution in [3.05, 3.63) is 29.6 Å². The Morgan fingerprint density at radius 2 is 2.09 bits per heavy atom. The van der Waals surface area contributed by atoms with Crippen molar-refractivity contribution >= 4 is 5.91 Å². The second-order valence-corrected chi connectivity index (χ2v) is 6.71. The number of rotatable bonds is 4. The topological polar surface area (TPSA) is 52.6 Å². The predicted molar refractivity (Wildman–Crippen MR) is 87.0 cm³/mol. The zero-order chi connectivity index (χ0) is 16.2. The number of halogens is 1. The van der Waals surface area contributed by atoms with E-state index in [1.54, 1.807) is 0 Å². The highest BCUT2D eigenvalue weighted by molar-refractivity contribution is 5.94. The lowest BCUT2D eigenvalue weighted by Gasteiger charge is -2.44. The largest absolute Gasteiger partial charge is 0.508 e. The zero-order valence-corrected chi connectivity index (χ0v) is 13.4. The molecule has 2 atom stereocenters. The minimum absolute atomic E-state index is 0.00858. The molecule has 126 valence electrons. The molecule has 0 unspecified atom stereocenters. The van der Waals surface area contributed by atoms with E-state index in [4.69, 9.17) is 0 Å². The van der Waals surface area contributed by atoms with E-state index in [9.17, 15) is 14.3 Å². The van der Waals surface area contributed by atoms with Crippen LogP contribution in [0.25, 0.3) is 0 Å². The zero-order valence-electron chi connectivity index (χ0n) is 13.4. The van der Waals surface area contributed by atoms with Crippen LogP contribution in [0.3, 0.4) is 0 Å². The predicted octanol–water partition coefficient (Wildman–Crippen LogP) is 2.92. The molecule has 0 spiro atoms. The van der Waals surface area contributed by atoms with Crippen molar-refractivity contribution < 1.29 is 14.3 Å². The fourth-order valence-corrected chi connectivity index (χ4v) is 4.07. The molecule has 2 aliphatic rings. The van der Waals surface area contributed by atoms with Gasteiger partial charge in [-0.25, -0.2) is 4.39 Å². The number of hydrogen-bond acceptors (Lipinski definition) is 3. The number of phenolic OH excluding ortho intramolecular Hbond substituents is 1. The SMILES string of the molecule is O=C(NCC[C@@H]1CCCN2CCCC[C@H]12)c1ccc(O)cc1F. The molecule has 0 bridgehead atoms. The van der Waals surface area contributed by atoms with Gasteiger partial charge in [0.05, 0.1) is 5.56 Å². The Balaban J connectivity index is 1.51. The summed E-state index contributed by atoms with van der Waals surface area (Å²) in [5.41, 5.74) is -0.00858. The van der Waals surface area contributed by atoms with Crippen LogP contribution in [0, 0.1) is 11.7 Å². The Morgan fingerprint density at radius 3 is 2.91 bits per heavy atom. The van der Waals surface area contributed by atoms with Gasteiger partial charge < -0.3 is 15.3 Å². The lowest BCUT2D eigenvalue weighted by Crippen LogP contribution is -2.48. The first-order valence-corrected chi connectivity index (χ1v) is 8.66. The number of aromatic hydroxyl groups is 1. The third kappa shape index (κ3) is 3.83. The number of amides is 1. The van der Waals surface area contributed by atoms with Gasteiger partial charge in [0, 0.05) is 18.7 Å². The van der Waals surface area contributed by atoms with Gasteiger partial charge >= 0.3 is 0 Å². The molecule has 0 radical (unpaired) electrons. The van der Waals surface area contributed by atoms with Crippen LogP contribution in [0.15, 0.2) is 18.2 Å². The Kier molecular flexibility index (Phi) is 5.16. The highest BCUT2D eigenvalue weighted by Crippen LogP contribution is 2.32. The number of nitrogens with one attached hydrogen (secondary N) is 1. The van der Waals surface area contributed by atoms with E-state index in [1.165, 1.54) is 57.3 Å². The molecule has 5 heteroatoms. The number of nitrogens with zero attached hydrogens (tertiary/aromatic N) is 1. The highest BCUT2D eigenvalue weighted by atomic mass is 19.1. The molecular formula is C18H25FN2O2. The molecule has 2 N–H and O–H groups in total. The second kappa shape index (κ2) is 7.30. The van der Waals surface area contributed by atoms with Gasteiger partial charge in [0.2, 0.25) is 0 Å². The summed E-state index contributed by atoms with van der Waals surface area (Å²) in [6.07, 6.45) is 7.30. The molecule has 0 saturated carbocycles. The summed E-state index contributed by atoms with van der Waals surface area (Å²) >= 11 is 0. The minimum atomic E-state index is -0.682. The quantitative estimate of drug-likeness (QED) is 0.897. The molecule has 2 fully saturated rings. The molecule has 1 aromatic rings. The summed E-state index contributed by atoms with van der Waals surface area (Å²) in [5, 5.41) is 12.0. The number of hydrogen-bond donors (Lipinski definition) is 2. The van der Waals surface area contributed by atoms with Crippen LogP contribution in [0.2, 0.25) is 0 Å². The standard InChI is InChI=1S/C18H25FN2O2/c19-16-12-14(22)6-7-15(16)18(23)20-9-8-13-4-3-11-21-10-2-1-5-17(13)21/h6-7,12-13,17,22H,1-5,8-11H2,(H,20,23)/t13-,17+/m0/s1. The van der Waals surface area contributed by atoms with Crippen molar-refractivity contribution in [1.29, 1.82) is 0 Å². The van der Waals surface area contributed by atoms with Crippen LogP contribution in [0.5, 0.6) is 5.75 Å². The summed E-state index contributed by atoms with van der Waals surface area (Å²) in [6, 6.07) is 4.29. The maximum atomic E-state index is 13.7. The van der Waals surface area contributed by atoms with Gasteiger partial charge in [-0.15, -0.1) is 0 Å². The lowest BCUT2D eigenvalue weighted by atomic mass is 9.81. The van der Waals surface area contributed by atoms with Gasteiger partial charge in [0.15, 0.2) is 0 Å². The molecule has 2 saturated heterocycles. The maximum Gasteiger partial charge on any atom is 0.254 e. The average molecular weight is 320 g/mol. The van der Waals surface area contributed by atoms with E-state index < -0.39 is 11.7 Å². The molecule has 2 heterocycles. The van der Waals surface area contributed by atoms with Crippen molar-refractivity contribution in [1.82, 2.24) is 10.2 Å². The van der Waals surface area contributed by atoms with E-state index in [1.807, 2.05) is 0 Å². The summed E-state index contributed by atoms with van der Waals surface area (Å²) in [5.74, 6) is -0.620. The summed E-state index contributed by atoms with van der Waals surface area (Å²) in [6.45, 7) is 3.01. The van der Waals surface area contributed by atoms with Crippen LogP contribution in [0.4, 0.5) is 4.39 Å². The van der Waals surface area contributed by atoms with E-state index >= 15 is 0 Å². The fourth-order valence-electron chi connectivity index (χ4n) is 4.07. The first-order chi connectivity index (χ1) is 11.1. The average Bonchev–Trinajstić information content (AvgIpc) is 2.55. The normalized spacial score (nSPS) is 24.9. The number of piperidine rings is 2.